The molecule has 1 heterocycles. The molecule has 0 saturated heterocycles. The molecule has 0 aliphatic carbocycles. The zero-order chi connectivity index (χ0) is 11.7. The lowest BCUT2D eigenvalue weighted by atomic mass is 10.2. The van der Waals surface area contributed by atoms with Crippen LogP contribution in [0.1, 0.15) is 11.3 Å². The Kier molecular flexibility index (Phi) is 2.86. The molecular formula is C11H7Cl2N3. The van der Waals surface area contributed by atoms with Gasteiger partial charge in [0.15, 0.2) is 0 Å². The van der Waals surface area contributed by atoms with Crippen molar-refractivity contribution >= 4 is 23.2 Å². The summed E-state index contributed by atoms with van der Waals surface area (Å²) in [4.78, 5) is 0. The fourth-order valence-corrected chi connectivity index (χ4v) is 1.90. The Morgan fingerprint density at radius 2 is 2.12 bits per heavy atom. The highest BCUT2D eigenvalue weighted by Gasteiger charge is 2.10. The summed E-state index contributed by atoms with van der Waals surface area (Å²) in [7, 11) is 0. The fourth-order valence-electron chi connectivity index (χ4n) is 1.42. The molecular weight excluding hydrogens is 245 g/mol. The molecule has 2 rings (SSSR count). The molecule has 1 aromatic heterocycles. The second-order valence-corrected chi connectivity index (χ2v) is 4.11. The van der Waals surface area contributed by atoms with E-state index in [1.165, 1.54) is 6.20 Å². The van der Waals surface area contributed by atoms with Crippen LogP contribution in [0, 0.1) is 18.3 Å². The Balaban J connectivity index is 2.60. The summed E-state index contributed by atoms with van der Waals surface area (Å²) in [6.07, 6.45) is 1.51. The van der Waals surface area contributed by atoms with Gasteiger partial charge in [-0.3, -0.25) is 0 Å². The van der Waals surface area contributed by atoms with Gasteiger partial charge in [0.25, 0.3) is 0 Å². The number of nitrogens with zero attached hydrogens (tertiary/aromatic N) is 3. The summed E-state index contributed by atoms with van der Waals surface area (Å²) >= 11 is 11.9. The summed E-state index contributed by atoms with van der Waals surface area (Å²) < 4.78 is 1.62. The fraction of sp³-hybridized carbons (Fsp3) is 0.0909. The molecule has 0 spiro atoms. The van der Waals surface area contributed by atoms with E-state index in [4.69, 9.17) is 28.5 Å². The minimum absolute atomic E-state index is 0.503. The molecule has 0 aliphatic rings. The van der Waals surface area contributed by atoms with E-state index in [1.54, 1.807) is 22.9 Å². The Hall–Kier alpha value is -1.50. The van der Waals surface area contributed by atoms with Gasteiger partial charge in [-0.15, -0.1) is 0 Å². The number of nitriles is 1. The van der Waals surface area contributed by atoms with Gasteiger partial charge in [-0.05, 0) is 25.1 Å². The van der Waals surface area contributed by atoms with Crippen LogP contribution in [0.25, 0.3) is 5.69 Å². The van der Waals surface area contributed by atoms with Gasteiger partial charge in [0.1, 0.15) is 6.07 Å². The van der Waals surface area contributed by atoms with Gasteiger partial charge in [0.2, 0.25) is 0 Å². The van der Waals surface area contributed by atoms with E-state index < -0.39 is 0 Å². The van der Waals surface area contributed by atoms with Gasteiger partial charge in [0.05, 0.1) is 28.2 Å². The van der Waals surface area contributed by atoms with E-state index in [0.29, 0.717) is 21.3 Å². The summed E-state index contributed by atoms with van der Waals surface area (Å²) in [5, 5.41) is 14.0. The average Bonchev–Trinajstić information content (AvgIpc) is 2.60. The van der Waals surface area contributed by atoms with Crippen LogP contribution in [0.4, 0.5) is 0 Å². The van der Waals surface area contributed by atoms with Gasteiger partial charge in [-0.1, -0.05) is 23.2 Å². The number of hydrogen-bond donors (Lipinski definition) is 0. The van der Waals surface area contributed by atoms with E-state index in [1.807, 2.05) is 6.92 Å². The van der Waals surface area contributed by atoms with Crippen molar-refractivity contribution < 1.29 is 0 Å². The summed E-state index contributed by atoms with van der Waals surface area (Å²) in [6.45, 7) is 1.82. The zero-order valence-electron chi connectivity index (χ0n) is 8.41. The first kappa shape index (κ1) is 11.0. The van der Waals surface area contributed by atoms with Crippen molar-refractivity contribution in [3.8, 4) is 11.8 Å². The average molecular weight is 252 g/mol. The Morgan fingerprint density at radius 1 is 1.38 bits per heavy atom. The molecule has 80 valence electrons. The van der Waals surface area contributed by atoms with Gasteiger partial charge < -0.3 is 0 Å². The second-order valence-electron chi connectivity index (χ2n) is 3.26. The smallest absolute Gasteiger partial charge is 0.103 e. The van der Waals surface area contributed by atoms with Crippen molar-refractivity contribution in [3.05, 3.63) is 45.7 Å². The molecule has 0 N–H and O–H groups in total. The Morgan fingerprint density at radius 3 is 2.69 bits per heavy atom. The van der Waals surface area contributed by atoms with E-state index in [0.717, 1.165) is 5.69 Å². The molecule has 2 aromatic rings. The number of benzene rings is 1. The predicted octanol–water partition coefficient (Wildman–Crippen LogP) is 3.36. The lowest BCUT2D eigenvalue weighted by Crippen LogP contribution is -1.99. The predicted molar refractivity (Wildman–Crippen MR) is 63.0 cm³/mol. The van der Waals surface area contributed by atoms with Gasteiger partial charge in [-0.2, -0.15) is 10.4 Å². The standard InChI is InChI=1S/C11H7Cl2N3/c1-7-8(5-14)6-15-16(7)11-3-2-9(12)4-10(11)13/h2-4,6H,1H3. The van der Waals surface area contributed by atoms with E-state index in [2.05, 4.69) is 11.2 Å². The van der Waals surface area contributed by atoms with Crippen molar-refractivity contribution in [2.45, 2.75) is 6.92 Å². The molecule has 0 amide bonds. The highest BCUT2D eigenvalue weighted by Crippen LogP contribution is 2.25. The Bertz CT molecular complexity index is 581. The zero-order valence-corrected chi connectivity index (χ0v) is 9.92. The van der Waals surface area contributed by atoms with Gasteiger partial charge in [-0.25, -0.2) is 4.68 Å². The molecule has 0 aliphatic heterocycles. The molecule has 3 nitrogen and oxygen atoms in total. The quantitative estimate of drug-likeness (QED) is 0.780. The van der Waals surface area contributed by atoms with Gasteiger partial charge in [0, 0.05) is 5.02 Å². The molecule has 0 unspecified atom stereocenters. The molecule has 0 atom stereocenters. The third-order valence-corrected chi connectivity index (χ3v) is 2.81. The lowest BCUT2D eigenvalue weighted by molar-refractivity contribution is 0.847. The SMILES string of the molecule is Cc1c(C#N)cnn1-c1ccc(Cl)cc1Cl. The first-order valence-electron chi connectivity index (χ1n) is 4.53. The van der Waals surface area contributed by atoms with Crippen molar-refractivity contribution in [2.75, 3.05) is 0 Å². The maximum absolute atomic E-state index is 8.83. The van der Waals surface area contributed by atoms with Crippen molar-refractivity contribution in [2.24, 2.45) is 0 Å². The molecule has 0 fully saturated rings. The number of halogens is 2. The maximum Gasteiger partial charge on any atom is 0.103 e. The number of aromatic nitrogens is 2. The van der Waals surface area contributed by atoms with Crippen LogP contribution in [0.2, 0.25) is 10.0 Å². The van der Waals surface area contributed by atoms with Crippen LogP contribution in [0.5, 0.6) is 0 Å². The van der Waals surface area contributed by atoms with Crippen LogP contribution >= 0.6 is 23.2 Å². The molecule has 5 heteroatoms. The molecule has 16 heavy (non-hydrogen) atoms. The number of rotatable bonds is 1. The minimum Gasteiger partial charge on any atom is -0.235 e. The first-order chi connectivity index (χ1) is 7.63. The summed E-state index contributed by atoms with van der Waals surface area (Å²) in [5.41, 5.74) is 2.00. The Labute approximate surface area is 103 Å². The largest absolute Gasteiger partial charge is 0.235 e. The summed E-state index contributed by atoms with van der Waals surface area (Å²) in [5.74, 6) is 0. The van der Waals surface area contributed by atoms with Crippen LogP contribution < -0.4 is 0 Å². The van der Waals surface area contributed by atoms with Crippen LogP contribution in [-0.4, -0.2) is 9.78 Å². The van der Waals surface area contributed by atoms with Crippen molar-refractivity contribution in [1.82, 2.24) is 9.78 Å². The topological polar surface area (TPSA) is 41.6 Å². The highest BCUT2D eigenvalue weighted by atomic mass is 35.5. The van der Waals surface area contributed by atoms with Crippen molar-refractivity contribution in [1.29, 1.82) is 5.26 Å². The van der Waals surface area contributed by atoms with E-state index in [-0.39, 0.29) is 0 Å². The number of hydrogen-bond acceptors (Lipinski definition) is 2. The van der Waals surface area contributed by atoms with Gasteiger partial charge >= 0.3 is 0 Å². The monoisotopic (exact) mass is 251 g/mol. The highest BCUT2D eigenvalue weighted by molar-refractivity contribution is 6.35. The summed E-state index contributed by atoms with van der Waals surface area (Å²) in [6, 6.07) is 7.21. The first-order valence-corrected chi connectivity index (χ1v) is 5.29. The van der Waals surface area contributed by atoms with Crippen molar-refractivity contribution in [3.63, 3.8) is 0 Å². The minimum atomic E-state index is 0.503. The van der Waals surface area contributed by atoms with Crippen LogP contribution in [-0.2, 0) is 0 Å². The molecule has 0 saturated carbocycles. The van der Waals surface area contributed by atoms with Crippen LogP contribution in [0.15, 0.2) is 24.4 Å². The maximum atomic E-state index is 8.83. The van der Waals surface area contributed by atoms with E-state index >= 15 is 0 Å². The third kappa shape index (κ3) is 1.78. The van der Waals surface area contributed by atoms with E-state index in [9.17, 15) is 0 Å². The lowest BCUT2D eigenvalue weighted by Gasteiger charge is -2.06. The molecule has 0 bridgehead atoms. The third-order valence-electron chi connectivity index (χ3n) is 2.27. The molecule has 1 aromatic carbocycles. The normalized spacial score (nSPS) is 10.1. The molecule has 0 radical (unpaired) electrons. The van der Waals surface area contributed by atoms with Crippen LogP contribution in [0.3, 0.4) is 0 Å². The second kappa shape index (κ2) is 4.17.